The van der Waals surface area contributed by atoms with Gasteiger partial charge in [0.1, 0.15) is 11.4 Å². The molecule has 0 heterocycles. The van der Waals surface area contributed by atoms with Crippen LogP contribution in [0, 0.1) is 10.1 Å². The second-order valence-electron chi connectivity index (χ2n) is 4.03. The molecule has 0 aliphatic carbocycles. The minimum absolute atomic E-state index is 0.0180. The van der Waals surface area contributed by atoms with Gasteiger partial charge in [0.05, 0.1) is 4.92 Å². The molecule has 0 spiro atoms. The summed E-state index contributed by atoms with van der Waals surface area (Å²) in [6, 6.07) is 5.06. The van der Waals surface area contributed by atoms with E-state index in [0.717, 1.165) is 0 Å². The van der Waals surface area contributed by atoms with Gasteiger partial charge in [-0.25, -0.2) is 0 Å². The number of nitro benzene ring substituents is 1. The number of hydrogen-bond donors (Lipinski definition) is 2. The standard InChI is InChI=1S/C12H18N4O3/c1-13-9-5-4-6-10(12(9)16(18)19)15(3)8-7-11(17)14-2/h4-6,13H,7-8H2,1-3H3,(H,14,17). The predicted octanol–water partition coefficient (Wildman–Crippen LogP) is 1.21. The van der Waals surface area contributed by atoms with E-state index >= 15 is 0 Å². The maximum atomic E-state index is 11.2. The first-order valence-corrected chi connectivity index (χ1v) is 5.88. The van der Waals surface area contributed by atoms with Gasteiger partial charge >= 0.3 is 5.69 Å². The fourth-order valence-corrected chi connectivity index (χ4v) is 1.75. The molecule has 19 heavy (non-hydrogen) atoms. The van der Waals surface area contributed by atoms with E-state index in [1.54, 1.807) is 44.2 Å². The number of anilines is 2. The summed E-state index contributed by atoms with van der Waals surface area (Å²) in [4.78, 5) is 23.6. The second-order valence-corrected chi connectivity index (χ2v) is 4.03. The molecular formula is C12H18N4O3. The number of para-hydroxylation sites is 1. The molecule has 1 aromatic carbocycles. The molecule has 1 rings (SSSR count). The van der Waals surface area contributed by atoms with Gasteiger partial charge in [-0.15, -0.1) is 0 Å². The lowest BCUT2D eigenvalue weighted by molar-refractivity contribution is -0.383. The van der Waals surface area contributed by atoms with Crippen LogP contribution in [0.15, 0.2) is 18.2 Å². The number of nitro groups is 1. The van der Waals surface area contributed by atoms with Crippen molar-refractivity contribution in [2.75, 3.05) is 37.9 Å². The van der Waals surface area contributed by atoms with E-state index in [1.807, 2.05) is 0 Å². The van der Waals surface area contributed by atoms with Gasteiger partial charge in [0.2, 0.25) is 5.91 Å². The van der Waals surface area contributed by atoms with Gasteiger partial charge in [0.25, 0.3) is 0 Å². The molecule has 7 nitrogen and oxygen atoms in total. The van der Waals surface area contributed by atoms with Crippen molar-refractivity contribution in [1.29, 1.82) is 0 Å². The molecule has 7 heteroatoms. The van der Waals surface area contributed by atoms with Crippen molar-refractivity contribution in [3.8, 4) is 0 Å². The van der Waals surface area contributed by atoms with Crippen molar-refractivity contribution in [1.82, 2.24) is 5.32 Å². The second kappa shape index (κ2) is 6.58. The quantitative estimate of drug-likeness (QED) is 0.597. The smallest absolute Gasteiger partial charge is 0.315 e. The highest BCUT2D eigenvalue weighted by atomic mass is 16.6. The third kappa shape index (κ3) is 3.57. The maximum absolute atomic E-state index is 11.2. The van der Waals surface area contributed by atoms with E-state index in [-0.39, 0.29) is 18.0 Å². The van der Waals surface area contributed by atoms with Gasteiger partial charge in [-0.2, -0.15) is 0 Å². The molecule has 0 radical (unpaired) electrons. The zero-order valence-corrected chi connectivity index (χ0v) is 11.3. The number of rotatable bonds is 6. The number of carbonyl (C=O) groups is 1. The van der Waals surface area contributed by atoms with Crippen molar-refractivity contribution in [3.05, 3.63) is 28.3 Å². The van der Waals surface area contributed by atoms with Gasteiger partial charge in [0, 0.05) is 34.1 Å². The van der Waals surface area contributed by atoms with Crippen LogP contribution in [0.1, 0.15) is 6.42 Å². The Morgan fingerprint density at radius 1 is 1.42 bits per heavy atom. The Hall–Kier alpha value is -2.31. The molecule has 0 aromatic heterocycles. The Balaban J connectivity index is 2.99. The third-order valence-electron chi connectivity index (χ3n) is 2.83. The van der Waals surface area contributed by atoms with Crippen LogP contribution >= 0.6 is 0 Å². The van der Waals surface area contributed by atoms with E-state index in [1.165, 1.54) is 0 Å². The summed E-state index contributed by atoms with van der Waals surface area (Å²) in [5.74, 6) is -0.0979. The molecule has 1 amide bonds. The highest BCUT2D eigenvalue weighted by Crippen LogP contribution is 2.34. The predicted molar refractivity (Wildman–Crippen MR) is 74.6 cm³/mol. The monoisotopic (exact) mass is 266 g/mol. The zero-order chi connectivity index (χ0) is 14.4. The Morgan fingerprint density at radius 2 is 2.11 bits per heavy atom. The summed E-state index contributed by atoms with van der Waals surface area (Å²) in [5, 5.41) is 16.5. The third-order valence-corrected chi connectivity index (χ3v) is 2.83. The summed E-state index contributed by atoms with van der Waals surface area (Å²) in [6.07, 6.45) is 0.286. The molecule has 1 aromatic rings. The molecule has 0 aliphatic heterocycles. The van der Waals surface area contributed by atoms with Crippen molar-refractivity contribution in [2.24, 2.45) is 0 Å². The van der Waals surface area contributed by atoms with Crippen LogP contribution in [0.25, 0.3) is 0 Å². The number of amides is 1. The van der Waals surface area contributed by atoms with Crippen LogP contribution in [0.5, 0.6) is 0 Å². The van der Waals surface area contributed by atoms with Gasteiger partial charge in [-0.3, -0.25) is 14.9 Å². The molecule has 0 fully saturated rings. The van der Waals surface area contributed by atoms with Crippen molar-refractivity contribution in [2.45, 2.75) is 6.42 Å². The normalized spacial score (nSPS) is 9.84. The lowest BCUT2D eigenvalue weighted by atomic mass is 10.2. The molecule has 0 atom stereocenters. The van der Waals surface area contributed by atoms with Crippen LogP contribution in [-0.4, -0.2) is 38.5 Å². The average molecular weight is 266 g/mol. The Bertz CT molecular complexity index is 476. The zero-order valence-electron chi connectivity index (χ0n) is 11.3. The first kappa shape index (κ1) is 14.7. The topological polar surface area (TPSA) is 87.5 Å². The number of nitrogens with zero attached hydrogens (tertiary/aromatic N) is 2. The minimum Gasteiger partial charge on any atom is -0.382 e. The lowest BCUT2D eigenvalue weighted by Crippen LogP contribution is -2.26. The van der Waals surface area contributed by atoms with Crippen LogP contribution in [-0.2, 0) is 4.79 Å². The summed E-state index contributed by atoms with van der Waals surface area (Å²) < 4.78 is 0. The molecule has 0 unspecified atom stereocenters. The van der Waals surface area contributed by atoms with Crippen molar-refractivity contribution in [3.63, 3.8) is 0 Å². The first-order valence-electron chi connectivity index (χ1n) is 5.88. The first-order chi connectivity index (χ1) is 9.01. The van der Waals surface area contributed by atoms with Crippen molar-refractivity contribution < 1.29 is 9.72 Å². The van der Waals surface area contributed by atoms with E-state index in [9.17, 15) is 14.9 Å². The number of carbonyl (C=O) groups excluding carboxylic acids is 1. The number of nitrogens with one attached hydrogen (secondary N) is 2. The minimum atomic E-state index is -0.419. The Kier molecular flexibility index (Phi) is 5.11. The molecule has 0 saturated carbocycles. The lowest BCUT2D eigenvalue weighted by Gasteiger charge is -2.19. The highest BCUT2D eigenvalue weighted by Gasteiger charge is 2.21. The van der Waals surface area contributed by atoms with E-state index in [0.29, 0.717) is 17.9 Å². The largest absolute Gasteiger partial charge is 0.382 e. The van der Waals surface area contributed by atoms with Crippen LogP contribution in [0.4, 0.5) is 17.1 Å². The van der Waals surface area contributed by atoms with Crippen LogP contribution in [0.3, 0.4) is 0 Å². The Labute approximate surface area is 111 Å². The molecule has 0 saturated heterocycles. The van der Waals surface area contributed by atoms with E-state index in [4.69, 9.17) is 0 Å². The van der Waals surface area contributed by atoms with E-state index < -0.39 is 4.92 Å². The SMILES string of the molecule is CNC(=O)CCN(C)c1cccc(NC)c1[N+](=O)[O-]. The van der Waals surface area contributed by atoms with Gasteiger partial charge < -0.3 is 15.5 Å². The molecule has 104 valence electrons. The highest BCUT2D eigenvalue weighted by molar-refractivity contribution is 5.78. The average Bonchev–Trinajstić information content (AvgIpc) is 2.42. The molecule has 0 bridgehead atoms. The van der Waals surface area contributed by atoms with Crippen LogP contribution in [0.2, 0.25) is 0 Å². The fraction of sp³-hybridized carbons (Fsp3) is 0.417. The summed E-state index contributed by atoms with van der Waals surface area (Å²) in [7, 11) is 4.92. The number of benzene rings is 1. The van der Waals surface area contributed by atoms with Crippen molar-refractivity contribution >= 4 is 23.0 Å². The van der Waals surface area contributed by atoms with Gasteiger partial charge in [-0.1, -0.05) is 6.07 Å². The molecule has 2 N–H and O–H groups in total. The Morgan fingerprint density at radius 3 is 2.63 bits per heavy atom. The summed E-state index contributed by atoms with van der Waals surface area (Å²) in [6.45, 7) is 0.410. The number of hydrogen-bond acceptors (Lipinski definition) is 5. The van der Waals surface area contributed by atoms with Crippen LogP contribution < -0.4 is 15.5 Å². The summed E-state index contributed by atoms with van der Waals surface area (Å²) in [5.41, 5.74) is 0.958. The van der Waals surface area contributed by atoms with E-state index in [2.05, 4.69) is 10.6 Å². The maximum Gasteiger partial charge on any atom is 0.315 e. The van der Waals surface area contributed by atoms with Gasteiger partial charge in [0.15, 0.2) is 0 Å². The molecule has 0 aliphatic rings. The summed E-state index contributed by atoms with van der Waals surface area (Å²) >= 11 is 0. The van der Waals surface area contributed by atoms with Gasteiger partial charge in [-0.05, 0) is 12.1 Å². The molecular weight excluding hydrogens is 248 g/mol. The fourth-order valence-electron chi connectivity index (χ4n) is 1.75.